The largest absolute Gasteiger partial charge is 0.113 e. The molecule has 8 heavy (non-hydrogen) atoms. The number of rotatable bonds is 2. The minimum Gasteiger partial charge on any atom is -0.113 e. The van der Waals surface area contributed by atoms with Crippen LogP contribution in [0.25, 0.3) is 0 Å². The molecule has 0 aromatic carbocycles. The zero-order valence-corrected chi connectivity index (χ0v) is 7.33. The van der Waals surface area contributed by atoms with Gasteiger partial charge < -0.3 is 0 Å². The third-order valence-electron chi connectivity index (χ3n) is 1.97. The van der Waals surface area contributed by atoms with E-state index in [9.17, 15) is 0 Å². The van der Waals surface area contributed by atoms with Crippen LogP contribution in [0.1, 0.15) is 20.8 Å². The highest BCUT2D eigenvalue weighted by Gasteiger charge is 2.07. The van der Waals surface area contributed by atoms with Crippen molar-refractivity contribution in [2.45, 2.75) is 26.4 Å². The molecule has 0 bridgehead atoms. The minimum absolute atomic E-state index is 0.745. The van der Waals surface area contributed by atoms with Crippen LogP contribution in [0.3, 0.4) is 0 Å². The van der Waals surface area contributed by atoms with Gasteiger partial charge in [-0.2, -0.15) is 0 Å². The van der Waals surface area contributed by atoms with Gasteiger partial charge in [0.1, 0.15) is 0 Å². The van der Waals surface area contributed by atoms with Crippen LogP contribution in [0, 0.1) is 0 Å². The van der Waals surface area contributed by atoms with Crippen LogP contribution in [-0.4, -0.2) is 24.8 Å². The maximum atomic E-state index is 4.20. The molecule has 0 saturated carbocycles. The van der Waals surface area contributed by atoms with Crippen molar-refractivity contribution in [3.05, 3.63) is 0 Å². The van der Waals surface area contributed by atoms with Crippen molar-refractivity contribution in [1.82, 2.24) is 0 Å². The molecule has 1 atom stereocenters. The number of hydrogen-bond donors (Lipinski definition) is 0. The van der Waals surface area contributed by atoms with E-state index < -0.39 is 6.89 Å². The Hall–Kier alpha value is 0.300. The summed E-state index contributed by atoms with van der Waals surface area (Å²) in [6.07, 6.45) is 5.48. The van der Waals surface area contributed by atoms with Gasteiger partial charge in [-0.15, -0.1) is 13.2 Å². The molecule has 0 radical (unpaired) electrons. The zero-order chi connectivity index (χ0) is 6.78. The second-order valence-electron chi connectivity index (χ2n) is 2.89. The minimum atomic E-state index is -0.745. The van der Waals surface area contributed by atoms with E-state index >= 15 is 0 Å². The fraction of sp³-hybridized carbons (Fsp3) is 0.857. The molecule has 50 valence electrons. The molecular weight excluding hydrogens is 115 g/mol. The lowest BCUT2D eigenvalue weighted by Crippen LogP contribution is -1.97. The Labute approximate surface area is 53.3 Å². The van der Waals surface area contributed by atoms with Gasteiger partial charge in [0, 0.05) is 0 Å². The normalized spacial score (nSPS) is 18.6. The zero-order valence-electron chi connectivity index (χ0n) is 6.44. The van der Waals surface area contributed by atoms with Crippen molar-refractivity contribution in [3.8, 4) is 0 Å². The molecule has 0 N–H and O–H groups in total. The van der Waals surface area contributed by atoms with Gasteiger partial charge in [-0.25, -0.2) is 0 Å². The molecule has 0 rings (SSSR count). The third-order valence-corrected chi connectivity index (χ3v) is 5.91. The summed E-state index contributed by atoms with van der Waals surface area (Å²) in [4.78, 5) is 0. The molecule has 1 heteroatoms. The van der Waals surface area contributed by atoms with Crippen molar-refractivity contribution in [1.29, 1.82) is 0 Å². The average Bonchev–Trinajstić information content (AvgIpc) is 1.67. The van der Waals surface area contributed by atoms with Gasteiger partial charge in [0.05, 0.1) is 0 Å². The van der Waals surface area contributed by atoms with Crippen molar-refractivity contribution in [2.24, 2.45) is 0 Å². The topological polar surface area (TPSA) is 0 Å². The van der Waals surface area contributed by atoms with Crippen LogP contribution >= 0.6 is 6.89 Å². The standard InChI is InChI=1S/C7H17P/c1-6-8(4,5)7(2)3/h7H,4,6H2,1-3,5H3. The highest BCUT2D eigenvalue weighted by molar-refractivity contribution is 7.73. The Morgan fingerprint density at radius 3 is 1.88 bits per heavy atom. The SMILES string of the molecule is C=P(C)(CC)C(C)C. The van der Waals surface area contributed by atoms with E-state index in [1.165, 1.54) is 6.16 Å². The van der Waals surface area contributed by atoms with Crippen molar-refractivity contribution >= 4 is 13.2 Å². The fourth-order valence-corrected chi connectivity index (χ4v) is 1.10. The first-order valence-electron chi connectivity index (χ1n) is 3.20. The molecule has 0 nitrogen and oxygen atoms in total. The summed E-state index contributed by atoms with van der Waals surface area (Å²) in [5, 5.41) is 0. The highest BCUT2D eigenvalue weighted by atomic mass is 31.2. The molecule has 0 amide bonds. The van der Waals surface area contributed by atoms with Crippen molar-refractivity contribution < 1.29 is 0 Å². The molecule has 0 aliphatic heterocycles. The third kappa shape index (κ3) is 2.05. The average molecular weight is 132 g/mol. The van der Waals surface area contributed by atoms with Gasteiger partial charge in [0.15, 0.2) is 0 Å². The first kappa shape index (κ1) is 8.30. The molecule has 0 fully saturated rings. The van der Waals surface area contributed by atoms with Crippen LogP contribution in [-0.2, 0) is 0 Å². The Balaban J connectivity index is 3.93. The van der Waals surface area contributed by atoms with Crippen LogP contribution in [0.4, 0.5) is 0 Å². The van der Waals surface area contributed by atoms with Gasteiger partial charge in [-0.05, 0) is 18.5 Å². The van der Waals surface area contributed by atoms with E-state index in [0.717, 1.165) is 5.66 Å². The number of hydrogen-bond acceptors (Lipinski definition) is 0. The van der Waals surface area contributed by atoms with E-state index in [0.29, 0.717) is 0 Å². The van der Waals surface area contributed by atoms with Gasteiger partial charge in [0.2, 0.25) is 0 Å². The van der Waals surface area contributed by atoms with Gasteiger partial charge in [-0.3, -0.25) is 0 Å². The van der Waals surface area contributed by atoms with Crippen molar-refractivity contribution in [2.75, 3.05) is 12.8 Å². The second-order valence-corrected chi connectivity index (χ2v) is 7.51. The highest BCUT2D eigenvalue weighted by Crippen LogP contribution is 2.44. The lowest BCUT2D eigenvalue weighted by Gasteiger charge is -2.20. The van der Waals surface area contributed by atoms with Crippen LogP contribution in [0.5, 0.6) is 0 Å². The summed E-state index contributed by atoms with van der Waals surface area (Å²) in [6.45, 7) is 8.34. The molecule has 0 aromatic heterocycles. The fourth-order valence-electron chi connectivity index (χ4n) is 0.365. The van der Waals surface area contributed by atoms with Crippen molar-refractivity contribution in [3.63, 3.8) is 0 Å². The lowest BCUT2D eigenvalue weighted by atomic mass is 10.6. The maximum absolute atomic E-state index is 4.20. The Kier molecular flexibility index (Phi) is 2.83. The van der Waals surface area contributed by atoms with Gasteiger partial charge in [-0.1, -0.05) is 20.8 Å². The predicted molar refractivity (Wildman–Crippen MR) is 45.6 cm³/mol. The summed E-state index contributed by atoms with van der Waals surface area (Å²) >= 11 is 0. The monoisotopic (exact) mass is 132 g/mol. The van der Waals surface area contributed by atoms with Crippen LogP contribution in [0.15, 0.2) is 0 Å². The summed E-state index contributed by atoms with van der Waals surface area (Å²) in [5.74, 6) is 0. The Morgan fingerprint density at radius 2 is 1.88 bits per heavy atom. The Morgan fingerprint density at radius 1 is 1.50 bits per heavy atom. The summed E-state index contributed by atoms with van der Waals surface area (Å²) in [7, 11) is 0. The van der Waals surface area contributed by atoms with E-state index in [1.807, 2.05) is 0 Å². The smallest absolute Gasteiger partial charge is 0.0275 e. The molecule has 0 aromatic rings. The molecule has 0 spiro atoms. The molecular formula is C7H17P. The summed E-state index contributed by atoms with van der Waals surface area (Å²) in [6, 6.07) is 0. The van der Waals surface area contributed by atoms with E-state index in [1.54, 1.807) is 0 Å². The Bertz CT molecular complexity index is 103. The maximum Gasteiger partial charge on any atom is -0.0275 e. The first-order valence-corrected chi connectivity index (χ1v) is 5.88. The van der Waals surface area contributed by atoms with Gasteiger partial charge >= 0.3 is 0 Å². The quantitative estimate of drug-likeness (QED) is 0.506. The molecule has 0 heterocycles. The van der Waals surface area contributed by atoms with E-state index in [2.05, 4.69) is 33.7 Å². The molecule has 1 unspecified atom stereocenters. The van der Waals surface area contributed by atoms with Crippen LogP contribution in [0.2, 0.25) is 0 Å². The van der Waals surface area contributed by atoms with E-state index in [4.69, 9.17) is 0 Å². The predicted octanol–water partition coefficient (Wildman–Crippen LogP) is 2.49. The molecule has 0 aliphatic carbocycles. The second kappa shape index (κ2) is 2.73. The van der Waals surface area contributed by atoms with E-state index in [-0.39, 0.29) is 0 Å². The lowest BCUT2D eigenvalue weighted by molar-refractivity contribution is 1.08. The van der Waals surface area contributed by atoms with Gasteiger partial charge in [0.25, 0.3) is 0 Å². The molecule has 0 aliphatic rings. The summed E-state index contributed by atoms with van der Waals surface area (Å²) < 4.78 is 0. The summed E-state index contributed by atoms with van der Waals surface area (Å²) in [5.41, 5.74) is 0.812. The first-order chi connectivity index (χ1) is 3.50. The molecule has 0 saturated heterocycles. The van der Waals surface area contributed by atoms with Crippen LogP contribution < -0.4 is 0 Å².